The summed E-state index contributed by atoms with van der Waals surface area (Å²) in [6.07, 6.45) is 0. The van der Waals surface area contributed by atoms with Crippen molar-refractivity contribution in [1.82, 2.24) is 0 Å². The number of hydrogen-bond donors (Lipinski definition) is 1. The van der Waals surface area contributed by atoms with Crippen LogP contribution in [-0.2, 0) is 19.4 Å². The van der Waals surface area contributed by atoms with E-state index in [4.69, 9.17) is 0 Å². The molecule has 1 amide bonds. The van der Waals surface area contributed by atoms with Gasteiger partial charge in [-0.1, -0.05) is 17.7 Å². The van der Waals surface area contributed by atoms with Crippen molar-refractivity contribution in [3.05, 3.63) is 59.7 Å². The van der Waals surface area contributed by atoms with Gasteiger partial charge in [-0.05, 0) is 43.3 Å². The van der Waals surface area contributed by atoms with Gasteiger partial charge in [0.25, 0.3) is 0 Å². The van der Waals surface area contributed by atoms with Crippen LogP contribution in [-0.4, -0.2) is 33.2 Å². The zero-order valence-electron chi connectivity index (χ0n) is 13.3. The Morgan fingerprint density at radius 3 is 2.12 bits per heavy atom. The minimum absolute atomic E-state index is 0.101. The fourth-order valence-electron chi connectivity index (χ4n) is 2.01. The van der Waals surface area contributed by atoms with Crippen molar-refractivity contribution in [3.8, 4) is 0 Å². The lowest BCUT2D eigenvalue weighted by Gasteiger charge is -2.07. The van der Waals surface area contributed by atoms with Crippen molar-refractivity contribution < 1.29 is 22.7 Å². The smallest absolute Gasteiger partial charge is 0.337 e. The first kappa shape index (κ1) is 17.7. The maximum Gasteiger partial charge on any atom is 0.337 e. The summed E-state index contributed by atoms with van der Waals surface area (Å²) in [4.78, 5) is 23.4. The van der Waals surface area contributed by atoms with Crippen LogP contribution in [0.4, 0.5) is 5.69 Å². The lowest BCUT2D eigenvalue weighted by atomic mass is 10.2. The third-order valence-corrected chi connectivity index (χ3v) is 4.92. The van der Waals surface area contributed by atoms with Gasteiger partial charge in [-0.15, -0.1) is 0 Å². The zero-order valence-corrected chi connectivity index (χ0v) is 14.1. The van der Waals surface area contributed by atoms with E-state index in [0.29, 0.717) is 11.3 Å². The first-order valence-corrected chi connectivity index (χ1v) is 8.75. The maximum atomic E-state index is 12.2. The normalized spacial score (nSPS) is 10.9. The van der Waals surface area contributed by atoms with Gasteiger partial charge in [0.1, 0.15) is 5.75 Å². The van der Waals surface area contributed by atoms with Crippen molar-refractivity contribution >= 4 is 27.4 Å². The van der Waals surface area contributed by atoms with E-state index in [1.54, 1.807) is 12.1 Å². The van der Waals surface area contributed by atoms with E-state index < -0.39 is 27.5 Å². The van der Waals surface area contributed by atoms with Crippen molar-refractivity contribution in [2.45, 2.75) is 11.8 Å². The molecule has 6 nitrogen and oxygen atoms in total. The molecule has 0 saturated carbocycles. The molecule has 0 heterocycles. The molecule has 24 heavy (non-hydrogen) atoms. The topological polar surface area (TPSA) is 89.5 Å². The van der Waals surface area contributed by atoms with Crippen LogP contribution >= 0.6 is 0 Å². The molecule has 0 aliphatic heterocycles. The van der Waals surface area contributed by atoms with Crippen LogP contribution < -0.4 is 5.32 Å². The van der Waals surface area contributed by atoms with E-state index in [1.807, 2.05) is 6.92 Å². The summed E-state index contributed by atoms with van der Waals surface area (Å²) in [5, 5.41) is 2.49. The van der Waals surface area contributed by atoms with Crippen LogP contribution in [0.1, 0.15) is 15.9 Å². The summed E-state index contributed by atoms with van der Waals surface area (Å²) in [7, 11) is -2.44. The molecule has 2 aromatic rings. The number of ether oxygens (including phenoxy) is 1. The Hall–Kier alpha value is -2.67. The van der Waals surface area contributed by atoms with Crippen molar-refractivity contribution in [2.24, 2.45) is 0 Å². The van der Waals surface area contributed by atoms with Gasteiger partial charge < -0.3 is 10.1 Å². The minimum atomic E-state index is -3.71. The highest BCUT2D eigenvalue weighted by molar-refractivity contribution is 7.92. The van der Waals surface area contributed by atoms with Crippen molar-refractivity contribution in [1.29, 1.82) is 0 Å². The number of esters is 1. The van der Waals surface area contributed by atoms with Gasteiger partial charge in [0.2, 0.25) is 5.91 Å². The molecule has 0 atom stereocenters. The van der Waals surface area contributed by atoms with E-state index in [-0.39, 0.29) is 4.90 Å². The molecule has 0 fully saturated rings. The monoisotopic (exact) mass is 347 g/mol. The van der Waals surface area contributed by atoms with Gasteiger partial charge >= 0.3 is 5.97 Å². The maximum absolute atomic E-state index is 12.2. The Balaban J connectivity index is 2.04. The number of carbonyl (C=O) groups excluding carboxylic acids is 2. The summed E-state index contributed by atoms with van der Waals surface area (Å²) in [6, 6.07) is 12.3. The molecular formula is C17H17NO5S. The molecule has 2 aromatic carbocycles. The van der Waals surface area contributed by atoms with E-state index in [9.17, 15) is 18.0 Å². The van der Waals surface area contributed by atoms with Gasteiger partial charge in [0.05, 0.1) is 17.6 Å². The molecule has 0 aromatic heterocycles. The first-order chi connectivity index (χ1) is 11.3. The number of amides is 1. The Kier molecular flexibility index (Phi) is 5.35. The quantitative estimate of drug-likeness (QED) is 0.838. The third kappa shape index (κ3) is 4.42. The number of nitrogens with one attached hydrogen (secondary N) is 1. The van der Waals surface area contributed by atoms with Crippen LogP contribution in [0.25, 0.3) is 0 Å². The Morgan fingerprint density at radius 2 is 1.58 bits per heavy atom. The van der Waals surface area contributed by atoms with Crippen LogP contribution in [0.3, 0.4) is 0 Å². The van der Waals surface area contributed by atoms with E-state index >= 15 is 0 Å². The first-order valence-electron chi connectivity index (χ1n) is 7.09. The molecule has 7 heteroatoms. The van der Waals surface area contributed by atoms with Gasteiger partial charge in [0, 0.05) is 5.69 Å². The largest absolute Gasteiger partial charge is 0.465 e. The van der Waals surface area contributed by atoms with E-state index in [0.717, 1.165) is 5.56 Å². The average Bonchev–Trinajstić information content (AvgIpc) is 2.54. The van der Waals surface area contributed by atoms with Crippen LogP contribution in [0.5, 0.6) is 0 Å². The summed E-state index contributed by atoms with van der Waals surface area (Å²) in [6.45, 7) is 1.85. The summed E-state index contributed by atoms with van der Waals surface area (Å²) in [5.41, 5.74) is 1.67. The molecule has 2 rings (SSSR count). The van der Waals surface area contributed by atoms with Crippen LogP contribution in [0, 0.1) is 6.92 Å². The SMILES string of the molecule is COC(=O)c1ccc(NC(=O)CS(=O)(=O)c2ccc(C)cc2)cc1. The second kappa shape index (κ2) is 7.27. The fourth-order valence-corrected chi connectivity index (χ4v) is 3.14. The molecule has 0 radical (unpaired) electrons. The van der Waals surface area contributed by atoms with Crippen molar-refractivity contribution in [3.63, 3.8) is 0 Å². The number of anilines is 1. The van der Waals surface area contributed by atoms with Crippen LogP contribution in [0.2, 0.25) is 0 Å². The molecule has 0 aliphatic carbocycles. The molecule has 1 N–H and O–H groups in total. The van der Waals surface area contributed by atoms with Gasteiger partial charge in [0.15, 0.2) is 9.84 Å². The molecule has 0 saturated heterocycles. The standard InChI is InChI=1S/C17H17NO5S/c1-12-3-9-15(10-4-12)24(21,22)11-16(19)18-14-7-5-13(6-8-14)17(20)23-2/h3-10H,11H2,1-2H3,(H,18,19). The van der Waals surface area contributed by atoms with Gasteiger partial charge in [-0.3, -0.25) is 4.79 Å². The second-order valence-corrected chi connectivity index (χ2v) is 7.18. The Morgan fingerprint density at radius 1 is 1.00 bits per heavy atom. The molecule has 0 spiro atoms. The highest BCUT2D eigenvalue weighted by atomic mass is 32.2. The number of rotatable bonds is 5. The zero-order chi connectivity index (χ0) is 17.7. The fraction of sp³-hybridized carbons (Fsp3) is 0.176. The highest BCUT2D eigenvalue weighted by Gasteiger charge is 2.19. The number of benzene rings is 2. The number of aryl methyl sites for hydroxylation is 1. The van der Waals surface area contributed by atoms with E-state index in [2.05, 4.69) is 10.1 Å². The van der Waals surface area contributed by atoms with Gasteiger partial charge in [-0.25, -0.2) is 13.2 Å². The molecule has 0 bridgehead atoms. The Bertz CT molecular complexity index is 840. The second-order valence-electron chi connectivity index (χ2n) is 5.19. The molecule has 0 aliphatic rings. The predicted octanol–water partition coefficient (Wildman–Crippen LogP) is 2.19. The molecule has 0 unspecified atom stereocenters. The number of sulfone groups is 1. The Labute approximate surface area is 140 Å². The predicted molar refractivity (Wildman–Crippen MR) is 89.6 cm³/mol. The number of carbonyl (C=O) groups is 2. The minimum Gasteiger partial charge on any atom is -0.465 e. The molecular weight excluding hydrogens is 330 g/mol. The summed E-state index contributed by atoms with van der Waals surface area (Å²) < 4.78 is 29.0. The number of methoxy groups -OCH3 is 1. The van der Waals surface area contributed by atoms with E-state index in [1.165, 1.54) is 43.5 Å². The lowest BCUT2D eigenvalue weighted by Crippen LogP contribution is -2.23. The summed E-state index contributed by atoms with van der Waals surface area (Å²) >= 11 is 0. The highest BCUT2D eigenvalue weighted by Crippen LogP contribution is 2.14. The van der Waals surface area contributed by atoms with Crippen molar-refractivity contribution in [2.75, 3.05) is 18.2 Å². The lowest BCUT2D eigenvalue weighted by molar-refractivity contribution is -0.113. The number of hydrogen-bond acceptors (Lipinski definition) is 5. The molecule has 126 valence electrons. The van der Waals surface area contributed by atoms with Gasteiger partial charge in [-0.2, -0.15) is 0 Å². The average molecular weight is 347 g/mol. The van der Waals surface area contributed by atoms with Crippen LogP contribution in [0.15, 0.2) is 53.4 Å². The third-order valence-electron chi connectivity index (χ3n) is 3.29. The summed E-state index contributed by atoms with van der Waals surface area (Å²) in [5.74, 6) is -1.80.